The predicted molar refractivity (Wildman–Crippen MR) is 68.9 cm³/mol. The van der Waals surface area contributed by atoms with Crippen molar-refractivity contribution in [1.29, 1.82) is 0 Å². The van der Waals surface area contributed by atoms with E-state index in [9.17, 15) is 14.4 Å². The van der Waals surface area contributed by atoms with Crippen molar-refractivity contribution in [2.45, 2.75) is 32.1 Å². The number of carbonyl (C=O) groups is 3. The van der Waals surface area contributed by atoms with Gasteiger partial charge in [-0.1, -0.05) is 24.3 Å². The number of ketones is 1. The standard InChI is InChI=1S/C15H17NO3/c17-11-5-3-4-10(7-8-11)15-9-2-1-6-12(15)13(18)16-14(15)19/h1-2,6,9-10,12H,3-5,7-8H2,(H,16,18,19). The van der Waals surface area contributed by atoms with Crippen LogP contribution in [-0.4, -0.2) is 17.6 Å². The fourth-order valence-corrected chi connectivity index (χ4v) is 3.68. The van der Waals surface area contributed by atoms with Crippen LogP contribution in [-0.2, 0) is 14.4 Å². The van der Waals surface area contributed by atoms with Crippen molar-refractivity contribution in [3.8, 4) is 0 Å². The zero-order valence-electron chi connectivity index (χ0n) is 10.7. The van der Waals surface area contributed by atoms with Gasteiger partial charge in [-0.05, 0) is 25.2 Å². The predicted octanol–water partition coefficient (Wildman–Crippen LogP) is 1.52. The summed E-state index contributed by atoms with van der Waals surface area (Å²) in [5.41, 5.74) is -0.754. The Morgan fingerprint density at radius 2 is 1.95 bits per heavy atom. The Morgan fingerprint density at radius 3 is 2.79 bits per heavy atom. The smallest absolute Gasteiger partial charge is 0.238 e. The van der Waals surface area contributed by atoms with Crippen LogP contribution in [0.5, 0.6) is 0 Å². The maximum atomic E-state index is 12.3. The molecule has 1 N–H and O–H groups in total. The lowest BCUT2D eigenvalue weighted by Gasteiger charge is -2.36. The molecule has 2 amide bonds. The number of allylic oxidation sites excluding steroid dienone is 2. The minimum atomic E-state index is -0.754. The molecule has 19 heavy (non-hydrogen) atoms. The van der Waals surface area contributed by atoms with E-state index in [0.29, 0.717) is 19.3 Å². The Morgan fingerprint density at radius 1 is 1.11 bits per heavy atom. The minimum absolute atomic E-state index is 0.0802. The van der Waals surface area contributed by atoms with E-state index in [0.717, 1.165) is 12.8 Å². The molecule has 3 atom stereocenters. The van der Waals surface area contributed by atoms with Crippen molar-refractivity contribution in [3.63, 3.8) is 0 Å². The molecule has 1 heterocycles. The van der Waals surface area contributed by atoms with Gasteiger partial charge in [-0.3, -0.25) is 19.7 Å². The zero-order chi connectivity index (χ0) is 13.5. The normalized spacial score (nSPS) is 38.0. The van der Waals surface area contributed by atoms with Gasteiger partial charge in [0.1, 0.15) is 5.78 Å². The number of fused-ring (bicyclic) bond motifs is 1. The van der Waals surface area contributed by atoms with Gasteiger partial charge in [0.05, 0.1) is 11.3 Å². The summed E-state index contributed by atoms with van der Waals surface area (Å²) in [6.07, 6.45) is 10.8. The van der Waals surface area contributed by atoms with Crippen LogP contribution in [0.25, 0.3) is 0 Å². The summed E-state index contributed by atoms with van der Waals surface area (Å²) in [5.74, 6) is -0.445. The molecule has 2 fully saturated rings. The number of imide groups is 1. The van der Waals surface area contributed by atoms with Gasteiger partial charge in [-0.2, -0.15) is 0 Å². The van der Waals surface area contributed by atoms with Crippen molar-refractivity contribution in [1.82, 2.24) is 5.32 Å². The number of rotatable bonds is 1. The van der Waals surface area contributed by atoms with E-state index in [4.69, 9.17) is 0 Å². The van der Waals surface area contributed by atoms with E-state index in [1.165, 1.54) is 0 Å². The summed E-state index contributed by atoms with van der Waals surface area (Å²) in [6.45, 7) is 0. The highest BCUT2D eigenvalue weighted by atomic mass is 16.2. The van der Waals surface area contributed by atoms with Gasteiger partial charge in [0.25, 0.3) is 0 Å². The average Bonchev–Trinajstić information content (AvgIpc) is 2.56. The maximum Gasteiger partial charge on any atom is 0.238 e. The highest BCUT2D eigenvalue weighted by Gasteiger charge is 2.57. The number of nitrogens with one attached hydrogen (secondary N) is 1. The quantitative estimate of drug-likeness (QED) is 0.573. The summed E-state index contributed by atoms with van der Waals surface area (Å²) in [7, 11) is 0. The molecule has 0 aromatic heterocycles. The van der Waals surface area contributed by atoms with Gasteiger partial charge in [0.2, 0.25) is 11.8 Å². The monoisotopic (exact) mass is 259 g/mol. The summed E-state index contributed by atoms with van der Waals surface area (Å²) in [5, 5.41) is 2.46. The molecule has 0 bridgehead atoms. The third-order valence-corrected chi connectivity index (χ3v) is 4.67. The average molecular weight is 259 g/mol. The van der Waals surface area contributed by atoms with Gasteiger partial charge >= 0.3 is 0 Å². The van der Waals surface area contributed by atoms with E-state index in [1.54, 1.807) is 0 Å². The number of amides is 2. The summed E-state index contributed by atoms with van der Waals surface area (Å²) >= 11 is 0. The number of hydrogen-bond acceptors (Lipinski definition) is 3. The molecule has 0 aromatic rings. The van der Waals surface area contributed by atoms with Crippen LogP contribution < -0.4 is 5.32 Å². The first-order valence-corrected chi connectivity index (χ1v) is 6.87. The van der Waals surface area contributed by atoms with Crippen LogP contribution in [0, 0.1) is 17.3 Å². The van der Waals surface area contributed by atoms with E-state index >= 15 is 0 Å². The van der Waals surface area contributed by atoms with E-state index in [2.05, 4.69) is 5.32 Å². The first-order valence-electron chi connectivity index (χ1n) is 6.87. The molecule has 100 valence electrons. The summed E-state index contributed by atoms with van der Waals surface area (Å²) in [6, 6.07) is 0. The van der Waals surface area contributed by atoms with E-state index < -0.39 is 11.3 Å². The Bertz CT molecular complexity index is 506. The molecular weight excluding hydrogens is 242 g/mol. The first-order chi connectivity index (χ1) is 9.14. The number of hydrogen-bond donors (Lipinski definition) is 1. The maximum absolute atomic E-state index is 12.3. The van der Waals surface area contributed by atoms with Crippen LogP contribution in [0.3, 0.4) is 0 Å². The Balaban J connectivity index is 1.97. The summed E-state index contributed by atoms with van der Waals surface area (Å²) < 4.78 is 0. The molecule has 0 radical (unpaired) electrons. The van der Waals surface area contributed by atoms with Crippen LogP contribution in [0.15, 0.2) is 24.3 Å². The highest BCUT2D eigenvalue weighted by Crippen LogP contribution is 2.49. The molecule has 3 aliphatic rings. The molecule has 2 aliphatic carbocycles. The van der Waals surface area contributed by atoms with Crippen molar-refractivity contribution in [2.75, 3.05) is 0 Å². The lowest BCUT2D eigenvalue weighted by atomic mass is 9.63. The van der Waals surface area contributed by atoms with Crippen LogP contribution in [0.2, 0.25) is 0 Å². The fourth-order valence-electron chi connectivity index (χ4n) is 3.68. The third kappa shape index (κ3) is 1.78. The Hall–Kier alpha value is -1.71. The van der Waals surface area contributed by atoms with E-state index in [-0.39, 0.29) is 23.5 Å². The van der Waals surface area contributed by atoms with Gasteiger partial charge < -0.3 is 0 Å². The molecule has 3 unspecified atom stereocenters. The molecule has 1 saturated carbocycles. The zero-order valence-corrected chi connectivity index (χ0v) is 10.7. The molecule has 4 heteroatoms. The first kappa shape index (κ1) is 12.3. The molecule has 1 aliphatic heterocycles. The highest BCUT2D eigenvalue weighted by molar-refractivity contribution is 6.09. The van der Waals surface area contributed by atoms with Crippen molar-refractivity contribution in [2.24, 2.45) is 17.3 Å². The molecule has 3 rings (SSSR count). The molecule has 1 saturated heterocycles. The van der Waals surface area contributed by atoms with Gasteiger partial charge in [-0.25, -0.2) is 0 Å². The molecular formula is C15H17NO3. The number of carbonyl (C=O) groups excluding carboxylic acids is 3. The van der Waals surface area contributed by atoms with Gasteiger partial charge in [-0.15, -0.1) is 0 Å². The second-order valence-corrected chi connectivity index (χ2v) is 5.64. The van der Waals surface area contributed by atoms with Crippen molar-refractivity contribution < 1.29 is 14.4 Å². The topological polar surface area (TPSA) is 63.2 Å². The van der Waals surface area contributed by atoms with Crippen LogP contribution >= 0.6 is 0 Å². The van der Waals surface area contributed by atoms with Crippen molar-refractivity contribution >= 4 is 17.6 Å². The Kier molecular flexibility index (Phi) is 2.88. The molecule has 4 nitrogen and oxygen atoms in total. The van der Waals surface area contributed by atoms with Crippen LogP contribution in [0.1, 0.15) is 32.1 Å². The number of Topliss-reactive ketones (excluding diaryl/α,β-unsaturated/α-hetero) is 1. The SMILES string of the molecule is O=C1CCCC(C23C=CC=CC2C(=O)NC3=O)CC1. The lowest BCUT2D eigenvalue weighted by molar-refractivity contribution is -0.129. The Labute approximate surface area is 111 Å². The minimum Gasteiger partial charge on any atom is -0.300 e. The van der Waals surface area contributed by atoms with Crippen molar-refractivity contribution in [3.05, 3.63) is 24.3 Å². The fraction of sp³-hybridized carbons (Fsp3) is 0.533. The van der Waals surface area contributed by atoms with Crippen LogP contribution in [0.4, 0.5) is 0 Å². The largest absolute Gasteiger partial charge is 0.300 e. The van der Waals surface area contributed by atoms with E-state index in [1.807, 2.05) is 24.3 Å². The lowest BCUT2D eigenvalue weighted by Crippen LogP contribution is -2.41. The third-order valence-electron chi connectivity index (χ3n) is 4.67. The van der Waals surface area contributed by atoms with Gasteiger partial charge in [0.15, 0.2) is 0 Å². The summed E-state index contributed by atoms with van der Waals surface area (Å²) in [4.78, 5) is 35.8. The molecule has 0 spiro atoms. The second kappa shape index (κ2) is 4.44. The molecule has 0 aromatic carbocycles. The van der Waals surface area contributed by atoms with Gasteiger partial charge in [0, 0.05) is 12.8 Å². The second-order valence-electron chi connectivity index (χ2n) is 5.64.